The summed E-state index contributed by atoms with van der Waals surface area (Å²) in [6, 6.07) is 0. The number of rotatable bonds is 3. The van der Waals surface area contributed by atoms with Crippen molar-refractivity contribution >= 4 is 18.0 Å². The SMILES string of the molecule is C=CS/C=C\N=C\C(C)(C)C. The summed E-state index contributed by atoms with van der Waals surface area (Å²) in [4.78, 5) is 4.11. The van der Waals surface area contributed by atoms with Gasteiger partial charge >= 0.3 is 0 Å². The predicted molar refractivity (Wildman–Crippen MR) is 54.9 cm³/mol. The Kier molecular flexibility index (Phi) is 4.95. The summed E-state index contributed by atoms with van der Waals surface area (Å²) in [7, 11) is 0. The predicted octanol–water partition coefficient (Wildman–Crippen LogP) is 3.45. The van der Waals surface area contributed by atoms with Crippen LogP contribution < -0.4 is 0 Å². The first-order chi connectivity index (χ1) is 5.06. The third-order valence-corrected chi connectivity index (χ3v) is 1.25. The van der Waals surface area contributed by atoms with Gasteiger partial charge in [0, 0.05) is 12.4 Å². The highest BCUT2D eigenvalue weighted by atomic mass is 32.2. The molecule has 0 heterocycles. The van der Waals surface area contributed by atoms with Gasteiger partial charge in [0.25, 0.3) is 0 Å². The zero-order chi connectivity index (χ0) is 8.74. The lowest BCUT2D eigenvalue weighted by Crippen LogP contribution is -2.05. The van der Waals surface area contributed by atoms with Gasteiger partial charge in [0.15, 0.2) is 0 Å². The molecule has 0 N–H and O–H groups in total. The van der Waals surface area contributed by atoms with E-state index in [2.05, 4.69) is 32.3 Å². The summed E-state index contributed by atoms with van der Waals surface area (Å²) in [6.45, 7) is 9.92. The second kappa shape index (κ2) is 5.19. The lowest BCUT2D eigenvalue weighted by atomic mass is 9.99. The molecule has 0 saturated heterocycles. The summed E-state index contributed by atoms with van der Waals surface area (Å²) >= 11 is 1.53. The summed E-state index contributed by atoms with van der Waals surface area (Å²) in [6.07, 6.45) is 3.70. The molecule has 0 unspecified atom stereocenters. The number of thioether (sulfide) groups is 1. The zero-order valence-electron chi connectivity index (χ0n) is 7.37. The molecule has 0 saturated carbocycles. The first kappa shape index (κ1) is 10.5. The van der Waals surface area contributed by atoms with E-state index in [1.54, 1.807) is 11.6 Å². The van der Waals surface area contributed by atoms with Crippen LogP contribution in [0.5, 0.6) is 0 Å². The van der Waals surface area contributed by atoms with Crippen LogP contribution in [0.4, 0.5) is 0 Å². The van der Waals surface area contributed by atoms with Crippen LogP contribution in [0.2, 0.25) is 0 Å². The topological polar surface area (TPSA) is 12.4 Å². The van der Waals surface area contributed by atoms with Crippen molar-refractivity contribution in [2.75, 3.05) is 0 Å². The molecular weight excluding hydrogens is 154 g/mol. The van der Waals surface area contributed by atoms with Gasteiger partial charge in [-0.1, -0.05) is 27.4 Å². The number of hydrogen-bond acceptors (Lipinski definition) is 2. The van der Waals surface area contributed by atoms with E-state index in [1.165, 1.54) is 11.8 Å². The molecular formula is C9H15NS. The quantitative estimate of drug-likeness (QED) is 0.589. The van der Waals surface area contributed by atoms with E-state index < -0.39 is 0 Å². The van der Waals surface area contributed by atoms with Gasteiger partial charge in [-0.25, -0.2) is 0 Å². The Balaban J connectivity index is 3.68. The van der Waals surface area contributed by atoms with Crippen LogP contribution in [0, 0.1) is 5.41 Å². The third-order valence-electron chi connectivity index (χ3n) is 0.784. The van der Waals surface area contributed by atoms with Crippen molar-refractivity contribution in [1.29, 1.82) is 0 Å². The van der Waals surface area contributed by atoms with Gasteiger partial charge in [-0.3, -0.25) is 4.99 Å². The highest BCUT2D eigenvalue weighted by Gasteiger charge is 2.03. The molecule has 0 aromatic rings. The molecule has 0 aliphatic rings. The monoisotopic (exact) mass is 169 g/mol. The standard InChI is InChI=1S/C9H15NS/c1-5-11-7-6-10-8-9(2,3)4/h5-8H,1H2,2-4H3/b7-6-,10-8+. The summed E-state index contributed by atoms with van der Waals surface area (Å²) in [5, 5.41) is 3.67. The largest absolute Gasteiger partial charge is 0.268 e. The molecule has 0 aromatic carbocycles. The lowest BCUT2D eigenvalue weighted by molar-refractivity contribution is 0.607. The Morgan fingerprint density at radius 1 is 1.36 bits per heavy atom. The van der Waals surface area contributed by atoms with Crippen molar-refractivity contribution in [2.45, 2.75) is 20.8 Å². The minimum absolute atomic E-state index is 0.170. The molecule has 1 nitrogen and oxygen atoms in total. The summed E-state index contributed by atoms with van der Waals surface area (Å²) < 4.78 is 0. The molecule has 0 bridgehead atoms. The maximum atomic E-state index is 4.11. The van der Waals surface area contributed by atoms with Crippen molar-refractivity contribution in [1.82, 2.24) is 0 Å². The van der Waals surface area contributed by atoms with E-state index in [1.807, 2.05) is 11.6 Å². The van der Waals surface area contributed by atoms with Gasteiger partial charge in [0.1, 0.15) is 0 Å². The lowest BCUT2D eigenvalue weighted by Gasteiger charge is -2.08. The fraction of sp³-hybridized carbons (Fsp3) is 0.444. The minimum atomic E-state index is 0.170. The van der Waals surface area contributed by atoms with Crippen LogP contribution in [-0.2, 0) is 0 Å². The van der Waals surface area contributed by atoms with E-state index in [0.29, 0.717) is 0 Å². The molecule has 62 valence electrons. The van der Waals surface area contributed by atoms with Crippen molar-refractivity contribution in [3.8, 4) is 0 Å². The van der Waals surface area contributed by atoms with E-state index in [0.717, 1.165) is 0 Å². The fourth-order valence-corrected chi connectivity index (χ4v) is 0.644. The third kappa shape index (κ3) is 9.50. The molecule has 0 fully saturated rings. The Morgan fingerprint density at radius 3 is 2.45 bits per heavy atom. The molecule has 0 aromatic heterocycles. The Hall–Kier alpha value is -0.500. The normalized spacial score (nSPS) is 13.0. The highest BCUT2D eigenvalue weighted by molar-refractivity contribution is 8.04. The molecule has 0 spiro atoms. The van der Waals surface area contributed by atoms with E-state index >= 15 is 0 Å². The van der Waals surface area contributed by atoms with Crippen molar-refractivity contribution in [3.63, 3.8) is 0 Å². The summed E-state index contributed by atoms with van der Waals surface area (Å²) in [5.74, 6) is 0. The molecule has 0 radical (unpaired) electrons. The second-order valence-electron chi connectivity index (χ2n) is 3.23. The van der Waals surface area contributed by atoms with Crippen LogP contribution in [0.15, 0.2) is 28.6 Å². The van der Waals surface area contributed by atoms with Crippen LogP contribution in [0.3, 0.4) is 0 Å². The van der Waals surface area contributed by atoms with Crippen LogP contribution >= 0.6 is 11.8 Å². The average molecular weight is 169 g/mol. The first-order valence-corrected chi connectivity index (χ1v) is 4.46. The molecule has 0 aliphatic heterocycles. The minimum Gasteiger partial charge on any atom is -0.268 e. The van der Waals surface area contributed by atoms with Crippen LogP contribution in [0.1, 0.15) is 20.8 Å². The first-order valence-electron chi connectivity index (χ1n) is 3.52. The second-order valence-corrected chi connectivity index (χ2v) is 4.11. The Bertz CT molecular complexity index is 163. The van der Waals surface area contributed by atoms with Crippen LogP contribution in [-0.4, -0.2) is 6.21 Å². The Labute approximate surface area is 73.3 Å². The molecule has 0 amide bonds. The smallest absolute Gasteiger partial charge is 0.0330 e. The van der Waals surface area contributed by atoms with Crippen molar-refractivity contribution in [3.05, 3.63) is 23.6 Å². The van der Waals surface area contributed by atoms with Crippen molar-refractivity contribution < 1.29 is 0 Å². The molecule has 0 rings (SSSR count). The summed E-state index contributed by atoms with van der Waals surface area (Å²) in [5.41, 5.74) is 0.170. The van der Waals surface area contributed by atoms with Gasteiger partial charge in [-0.15, -0.1) is 11.8 Å². The molecule has 2 heteroatoms. The van der Waals surface area contributed by atoms with Gasteiger partial charge in [0.05, 0.1) is 0 Å². The van der Waals surface area contributed by atoms with Gasteiger partial charge in [-0.2, -0.15) is 0 Å². The van der Waals surface area contributed by atoms with Crippen LogP contribution in [0.25, 0.3) is 0 Å². The average Bonchev–Trinajstić information content (AvgIpc) is 1.85. The number of hydrogen-bond donors (Lipinski definition) is 0. The fourth-order valence-electron chi connectivity index (χ4n) is 0.392. The molecule has 0 atom stereocenters. The van der Waals surface area contributed by atoms with E-state index in [-0.39, 0.29) is 5.41 Å². The number of nitrogens with zero attached hydrogens (tertiary/aromatic N) is 1. The van der Waals surface area contributed by atoms with Gasteiger partial charge < -0.3 is 0 Å². The van der Waals surface area contributed by atoms with Crippen molar-refractivity contribution in [2.24, 2.45) is 10.4 Å². The maximum absolute atomic E-state index is 4.11. The molecule has 11 heavy (non-hydrogen) atoms. The van der Waals surface area contributed by atoms with E-state index in [9.17, 15) is 0 Å². The van der Waals surface area contributed by atoms with Gasteiger partial charge in [0.2, 0.25) is 0 Å². The number of aliphatic imine (C=N–C) groups is 1. The van der Waals surface area contributed by atoms with E-state index in [4.69, 9.17) is 0 Å². The highest BCUT2D eigenvalue weighted by Crippen LogP contribution is 2.08. The molecule has 0 aliphatic carbocycles. The van der Waals surface area contributed by atoms with Gasteiger partial charge in [-0.05, 0) is 16.2 Å². The zero-order valence-corrected chi connectivity index (χ0v) is 8.19. The maximum Gasteiger partial charge on any atom is 0.0330 e. The Morgan fingerprint density at radius 2 is 2.00 bits per heavy atom.